The number of nitrogens with zero attached hydrogens (tertiary/aromatic N) is 1. The second kappa shape index (κ2) is 9.53. The molecule has 31 heavy (non-hydrogen) atoms. The lowest BCUT2D eigenvalue weighted by atomic mass is 9.70. The first-order chi connectivity index (χ1) is 15.0. The Morgan fingerprint density at radius 1 is 1.10 bits per heavy atom. The minimum absolute atomic E-state index is 0. The number of rotatable bonds is 4. The molecule has 0 radical (unpaired) electrons. The van der Waals surface area contributed by atoms with Crippen LogP contribution in [0.3, 0.4) is 0 Å². The molecule has 3 fully saturated rings. The first-order valence-corrected chi connectivity index (χ1v) is 12.6. The summed E-state index contributed by atoms with van der Waals surface area (Å²) < 4.78 is 39.3. The van der Waals surface area contributed by atoms with Crippen LogP contribution in [0, 0.1) is 11.3 Å². The number of hydrogen-bond acceptors (Lipinski definition) is 7. The zero-order chi connectivity index (χ0) is 21.9. The van der Waals surface area contributed by atoms with Crippen LogP contribution >= 0.6 is 7.82 Å². The fraction of sp³-hybridized carbons (Fsp3) is 0.652. The van der Waals surface area contributed by atoms with E-state index >= 15 is 0 Å². The van der Waals surface area contributed by atoms with Crippen molar-refractivity contribution < 1.29 is 31.9 Å². The van der Waals surface area contributed by atoms with E-state index in [0.717, 1.165) is 55.4 Å². The number of benzene rings is 1. The molecule has 0 aromatic heterocycles. The fourth-order valence-electron chi connectivity index (χ4n) is 4.77. The van der Waals surface area contributed by atoms with Gasteiger partial charge in [0.05, 0.1) is 27.4 Å². The average Bonchev–Trinajstić information content (AvgIpc) is 3.13. The van der Waals surface area contributed by atoms with Gasteiger partial charge in [0.1, 0.15) is 5.76 Å². The summed E-state index contributed by atoms with van der Waals surface area (Å²) >= 11 is 0. The van der Waals surface area contributed by atoms with Crippen LogP contribution in [0.15, 0.2) is 36.1 Å². The highest BCUT2D eigenvalue weighted by atomic mass is 31.2. The summed E-state index contributed by atoms with van der Waals surface area (Å²) in [5, 5.41) is 0. The highest BCUT2D eigenvalue weighted by Crippen LogP contribution is 2.60. The van der Waals surface area contributed by atoms with E-state index in [9.17, 15) is 4.57 Å². The summed E-state index contributed by atoms with van der Waals surface area (Å²) in [6, 6.07) is 7.95. The van der Waals surface area contributed by atoms with Crippen LogP contribution < -0.4 is 9.47 Å². The Morgan fingerprint density at radius 3 is 2.29 bits per heavy atom. The molecule has 1 saturated carbocycles. The predicted molar refractivity (Wildman–Crippen MR) is 125 cm³/mol. The molecule has 1 aromatic rings. The van der Waals surface area contributed by atoms with Crippen molar-refractivity contribution in [2.75, 3.05) is 41.0 Å². The van der Waals surface area contributed by atoms with Gasteiger partial charge in [0, 0.05) is 22.2 Å². The van der Waals surface area contributed by atoms with E-state index in [2.05, 4.69) is 18.0 Å². The second-order valence-corrected chi connectivity index (χ2v) is 10.6. The molecule has 2 aliphatic carbocycles. The van der Waals surface area contributed by atoms with Crippen molar-refractivity contribution in [3.8, 4) is 11.5 Å². The molecular formula is C23H40NO6P. The Balaban J connectivity index is 0.000000385. The summed E-state index contributed by atoms with van der Waals surface area (Å²) in [6.07, 6.45) is 8.77. The van der Waals surface area contributed by atoms with Crippen molar-refractivity contribution in [3.63, 3.8) is 0 Å². The van der Waals surface area contributed by atoms with Gasteiger partial charge in [0.2, 0.25) is 0 Å². The summed E-state index contributed by atoms with van der Waals surface area (Å²) in [6.45, 7) is 2.17. The summed E-state index contributed by atoms with van der Waals surface area (Å²) in [5.41, 5.74) is 0.120. The van der Waals surface area contributed by atoms with Gasteiger partial charge >= 0.3 is 7.82 Å². The van der Waals surface area contributed by atoms with E-state index in [1.54, 1.807) is 14.2 Å². The topological polar surface area (TPSA) is 66.5 Å². The molecule has 1 spiro atoms. The number of methoxy groups -OCH3 is 2. The van der Waals surface area contributed by atoms with Crippen LogP contribution in [0.1, 0.15) is 42.8 Å². The zero-order valence-electron chi connectivity index (χ0n) is 18.7. The van der Waals surface area contributed by atoms with Gasteiger partial charge in [-0.2, -0.15) is 0 Å². The number of allylic oxidation sites excluding steroid dienone is 1. The summed E-state index contributed by atoms with van der Waals surface area (Å²) in [5.74, 6) is 3.04. The molecule has 7 nitrogen and oxygen atoms in total. The number of ether oxygens (including phenoxy) is 2. The first-order valence-electron chi connectivity index (χ1n) is 11.1. The Bertz CT molecular complexity index is 817. The Labute approximate surface area is 189 Å². The molecule has 2 saturated heterocycles. The molecule has 178 valence electrons. The van der Waals surface area contributed by atoms with Crippen LogP contribution in [0.4, 0.5) is 0 Å². The highest BCUT2D eigenvalue weighted by molar-refractivity contribution is 7.48. The lowest BCUT2D eigenvalue weighted by Gasteiger charge is -2.45. The van der Waals surface area contributed by atoms with Gasteiger partial charge in [-0.05, 0) is 63.4 Å². The molecule has 2 aliphatic heterocycles. The standard InChI is InChI=1S/C15H24NO4P.C8H10O2.3H2/c1-16-8-5-12-3-4-13(9-14(12)16)20-21(17)18-10-15(11-19-21)6-2-7-15;1-9-7-5-3-4-6-8(7)10-2;;;/h9,12,14H,2-8,10-11H2,1H3;3-6H,1-2H3;3*1H. The number of phosphoric ester groups is 1. The maximum absolute atomic E-state index is 12.6. The zero-order valence-corrected chi connectivity index (χ0v) is 19.6. The van der Waals surface area contributed by atoms with Crippen molar-refractivity contribution in [1.82, 2.24) is 4.90 Å². The minimum Gasteiger partial charge on any atom is -0.493 e. The molecule has 0 bridgehead atoms. The van der Waals surface area contributed by atoms with E-state index in [4.69, 9.17) is 23.0 Å². The Morgan fingerprint density at radius 2 is 1.74 bits per heavy atom. The molecule has 1 aromatic carbocycles. The maximum atomic E-state index is 12.6. The monoisotopic (exact) mass is 457 g/mol. The molecule has 2 atom stereocenters. The molecule has 8 heteroatoms. The quantitative estimate of drug-likeness (QED) is 0.532. The average molecular weight is 458 g/mol. The third kappa shape index (κ3) is 5.11. The van der Waals surface area contributed by atoms with Crippen molar-refractivity contribution in [1.29, 1.82) is 0 Å². The van der Waals surface area contributed by atoms with Gasteiger partial charge < -0.3 is 14.0 Å². The fourth-order valence-corrected chi connectivity index (χ4v) is 6.25. The minimum atomic E-state index is -3.38. The summed E-state index contributed by atoms with van der Waals surface area (Å²) in [7, 11) is 2.00. The molecule has 0 amide bonds. The van der Waals surface area contributed by atoms with Gasteiger partial charge in [-0.3, -0.25) is 13.9 Å². The Kier molecular flexibility index (Phi) is 6.97. The molecule has 4 aliphatic rings. The number of phosphoric acid groups is 1. The maximum Gasteiger partial charge on any atom is 0.529 e. The number of hydrogen-bond donors (Lipinski definition) is 0. The third-order valence-corrected chi connectivity index (χ3v) is 8.30. The van der Waals surface area contributed by atoms with Gasteiger partial charge in [0.15, 0.2) is 11.5 Å². The molecule has 0 N–H and O–H groups in total. The smallest absolute Gasteiger partial charge is 0.493 e. The van der Waals surface area contributed by atoms with Crippen molar-refractivity contribution >= 4 is 7.82 Å². The molecular weight excluding hydrogens is 417 g/mol. The summed E-state index contributed by atoms with van der Waals surface area (Å²) in [4.78, 5) is 2.34. The Hall–Kier alpha value is -1.53. The van der Waals surface area contributed by atoms with Crippen LogP contribution in [0.2, 0.25) is 0 Å². The van der Waals surface area contributed by atoms with Gasteiger partial charge in [-0.1, -0.05) is 18.6 Å². The SMILES string of the molecule is CN1CCC2CCC(OP3(=O)OCC4(CCC4)CO3)=CC21.COc1ccccc1OC.[HH].[HH].[HH]. The van der Waals surface area contributed by atoms with Gasteiger partial charge in [0.25, 0.3) is 0 Å². The van der Waals surface area contributed by atoms with Gasteiger partial charge in [-0.15, -0.1) is 0 Å². The van der Waals surface area contributed by atoms with Gasteiger partial charge in [-0.25, -0.2) is 4.57 Å². The van der Waals surface area contributed by atoms with Crippen LogP contribution in [-0.4, -0.2) is 52.0 Å². The van der Waals surface area contributed by atoms with E-state index in [1.807, 2.05) is 24.3 Å². The van der Waals surface area contributed by atoms with Crippen molar-refractivity contribution in [2.24, 2.45) is 11.3 Å². The van der Waals surface area contributed by atoms with E-state index < -0.39 is 7.82 Å². The number of likely N-dealkylation sites (tertiary alicyclic amines) is 1. The lowest BCUT2D eigenvalue weighted by molar-refractivity contribution is -0.0548. The predicted octanol–water partition coefficient (Wildman–Crippen LogP) is 5.77. The van der Waals surface area contributed by atoms with E-state index in [0.29, 0.717) is 19.3 Å². The number of likely N-dealkylation sites (N-methyl/N-ethyl adjacent to an activating group) is 1. The van der Waals surface area contributed by atoms with E-state index in [-0.39, 0.29) is 9.69 Å². The normalized spacial score (nSPS) is 28.4. The van der Waals surface area contributed by atoms with Crippen LogP contribution in [0.25, 0.3) is 0 Å². The van der Waals surface area contributed by atoms with Crippen LogP contribution in [-0.2, 0) is 18.1 Å². The molecule has 2 unspecified atom stereocenters. The third-order valence-electron chi connectivity index (χ3n) is 6.95. The van der Waals surface area contributed by atoms with Crippen LogP contribution in [0.5, 0.6) is 11.5 Å². The molecule has 2 heterocycles. The number of fused-ring (bicyclic) bond motifs is 1. The van der Waals surface area contributed by atoms with Crippen molar-refractivity contribution in [2.45, 2.75) is 44.6 Å². The number of para-hydroxylation sites is 2. The molecule has 5 rings (SSSR count). The highest BCUT2D eigenvalue weighted by Gasteiger charge is 2.48. The lowest BCUT2D eigenvalue weighted by Crippen LogP contribution is -2.41. The largest absolute Gasteiger partial charge is 0.529 e. The first kappa shape index (κ1) is 22.7. The van der Waals surface area contributed by atoms with Crippen molar-refractivity contribution in [3.05, 3.63) is 36.1 Å². The van der Waals surface area contributed by atoms with E-state index in [1.165, 1.54) is 12.8 Å². The second-order valence-electron chi connectivity index (χ2n) is 8.99.